The molecule has 2 saturated heterocycles. The zero-order chi connectivity index (χ0) is 24.3. The van der Waals surface area contributed by atoms with Crippen molar-refractivity contribution in [3.05, 3.63) is 59.2 Å². The number of benzene rings is 2. The number of rotatable bonds is 6. The highest BCUT2D eigenvalue weighted by Crippen LogP contribution is 2.34. The van der Waals surface area contributed by atoms with E-state index in [0.717, 1.165) is 37.2 Å². The number of nitrogens with zero attached hydrogens (tertiary/aromatic N) is 2. The summed E-state index contributed by atoms with van der Waals surface area (Å²) in [5, 5.41) is 12.5. The van der Waals surface area contributed by atoms with E-state index in [9.17, 15) is 19.5 Å². The van der Waals surface area contributed by atoms with E-state index in [4.69, 9.17) is 5.73 Å². The highest BCUT2D eigenvalue weighted by Gasteiger charge is 2.45. The second kappa shape index (κ2) is 9.85. The van der Waals surface area contributed by atoms with Gasteiger partial charge in [-0.2, -0.15) is 0 Å². The van der Waals surface area contributed by atoms with Gasteiger partial charge < -0.3 is 21.1 Å². The molecule has 2 heterocycles. The first-order valence-corrected chi connectivity index (χ1v) is 11.9. The largest absolute Gasteiger partial charge is 0.478 e. The highest BCUT2D eigenvalue weighted by atomic mass is 16.4. The van der Waals surface area contributed by atoms with Crippen molar-refractivity contribution < 1.29 is 19.5 Å². The van der Waals surface area contributed by atoms with Gasteiger partial charge in [-0.3, -0.25) is 14.5 Å². The van der Waals surface area contributed by atoms with Gasteiger partial charge in [0.05, 0.1) is 11.3 Å². The van der Waals surface area contributed by atoms with Crippen LogP contribution in [0.4, 0.5) is 11.4 Å². The number of likely N-dealkylation sites (tertiary alicyclic amines) is 1. The monoisotopic (exact) mass is 464 g/mol. The second-order valence-electron chi connectivity index (χ2n) is 9.29. The number of carbonyl (C=O) groups is 3. The van der Waals surface area contributed by atoms with Crippen molar-refractivity contribution in [2.24, 2.45) is 5.73 Å². The van der Waals surface area contributed by atoms with Crippen molar-refractivity contribution in [1.82, 2.24) is 4.90 Å². The molecule has 2 aromatic rings. The number of piperidine rings is 2. The van der Waals surface area contributed by atoms with E-state index in [2.05, 4.69) is 15.1 Å². The average molecular weight is 465 g/mol. The first kappa shape index (κ1) is 23.8. The van der Waals surface area contributed by atoms with E-state index in [1.165, 1.54) is 6.42 Å². The van der Waals surface area contributed by atoms with Crippen molar-refractivity contribution in [3.8, 4) is 0 Å². The number of aromatic carboxylic acids is 1. The fourth-order valence-corrected chi connectivity index (χ4v) is 5.09. The van der Waals surface area contributed by atoms with Crippen LogP contribution in [0.3, 0.4) is 0 Å². The standard InChI is InChI=1S/C26H32N4O4/c1-18-5-7-19(8-6-18)23(31)28-22-10-9-20(17-21(22)24(32)33)29-15-11-26(12-16-29,25(27)34)30-13-3-2-4-14-30/h5-10,17H,2-4,11-16H2,1H3,(H2,27,34)(H,28,31)(H,32,33). The summed E-state index contributed by atoms with van der Waals surface area (Å²) in [5.41, 5.74) is 7.78. The minimum absolute atomic E-state index is 0.0285. The average Bonchev–Trinajstić information content (AvgIpc) is 2.85. The number of aryl methyl sites for hydroxylation is 1. The molecule has 0 saturated carbocycles. The Bertz CT molecular complexity index is 1070. The number of carboxylic acid groups (broad SMARTS) is 1. The molecule has 0 spiro atoms. The lowest BCUT2D eigenvalue weighted by Crippen LogP contribution is -2.63. The number of anilines is 2. The fourth-order valence-electron chi connectivity index (χ4n) is 5.09. The van der Waals surface area contributed by atoms with Crippen LogP contribution in [0.1, 0.15) is 58.4 Å². The number of carboxylic acids is 1. The predicted molar refractivity (Wildman–Crippen MR) is 131 cm³/mol. The van der Waals surface area contributed by atoms with Crippen LogP contribution in [0, 0.1) is 6.92 Å². The Morgan fingerprint density at radius 3 is 2.18 bits per heavy atom. The van der Waals surface area contributed by atoms with Crippen molar-refractivity contribution >= 4 is 29.2 Å². The zero-order valence-electron chi connectivity index (χ0n) is 19.5. The molecule has 0 atom stereocenters. The fraction of sp³-hybridized carbons (Fsp3) is 0.423. The molecule has 2 aliphatic heterocycles. The molecular formula is C26H32N4O4. The summed E-state index contributed by atoms with van der Waals surface area (Å²) in [7, 11) is 0. The number of nitrogens with one attached hydrogen (secondary N) is 1. The molecule has 0 aliphatic carbocycles. The van der Waals surface area contributed by atoms with Crippen molar-refractivity contribution in [1.29, 1.82) is 0 Å². The molecule has 2 aliphatic rings. The van der Waals surface area contributed by atoms with Crippen LogP contribution in [0.2, 0.25) is 0 Å². The van der Waals surface area contributed by atoms with E-state index < -0.39 is 11.5 Å². The summed E-state index contributed by atoms with van der Waals surface area (Å²) in [6, 6.07) is 12.1. The lowest BCUT2D eigenvalue weighted by molar-refractivity contribution is -0.132. The van der Waals surface area contributed by atoms with Crippen LogP contribution in [0.25, 0.3) is 0 Å². The molecule has 0 bridgehead atoms. The van der Waals surface area contributed by atoms with Gasteiger partial charge in [0.25, 0.3) is 5.91 Å². The Morgan fingerprint density at radius 1 is 0.941 bits per heavy atom. The number of nitrogens with two attached hydrogens (primary N) is 1. The van der Waals surface area contributed by atoms with Crippen LogP contribution in [0.5, 0.6) is 0 Å². The Hall–Kier alpha value is -3.39. The molecule has 2 amide bonds. The van der Waals surface area contributed by atoms with Gasteiger partial charge in [0.2, 0.25) is 5.91 Å². The van der Waals surface area contributed by atoms with Crippen molar-refractivity contribution in [2.75, 3.05) is 36.4 Å². The predicted octanol–water partition coefficient (Wildman–Crippen LogP) is 3.26. The first-order chi connectivity index (χ1) is 16.3. The topological polar surface area (TPSA) is 116 Å². The lowest BCUT2D eigenvalue weighted by Gasteiger charge is -2.48. The van der Waals surface area contributed by atoms with E-state index >= 15 is 0 Å². The minimum Gasteiger partial charge on any atom is -0.478 e. The summed E-state index contributed by atoms with van der Waals surface area (Å²) in [6.07, 6.45) is 4.56. The zero-order valence-corrected chi connectivity index (χ0v) is 19.5. The van der Waals surface area contributed by atoms with Gasteiger partial charge in [-0.25, -0.2) is 4.79 Å². The van der Waals surface area contributed by atoms with E-state index in [1.54, 1.807) is 24.3 Å². The highest BCUT2D eigenvalue weighted by molar-refractivity contribution is 6.08. The van der Waals surface area contributed by atoms with E-state index in [-0.39, 0.29) is 23.1 Å². The van der Waals surface area contributed by atoms with Gasteiger partial charge in [0.1, 0.15) is 5.54 Å². The molecule has 34 heavy (non-hydrogen) atoms. The number of hydrogen-bond donors (Lipinski definition) is 3. The van der Waals surface area contributed by atoms with Gasteiger partial charge >= 0.3 is 5.97 Å². The molecule has 0 unspecified atom stereocenters. The Balaban J connectivity index is 1.50. The molecule has 2 aromatic carbocycles. The van der Waals surface area contributed by atoms with E-state index in [1.807, 2.05) is 25.1 Å². The van der Waals surface area contributed by atoms with Crippen LogP contribution in [-0.2, 0) is 4.79 Å². The molecule has 0 aromatic heterocycles. The van der Waals surface area contributed by atoms with E-state index in [0.29, 0.717) is 31.5 Å². The summed E-state index contributed by atoms with van der Waals surface area (Å²) in [6.45, 7) is 4.92. The summed E-state index contributed by atoms with van der Waals surface area (Å²) in [5.74, 6) is -1.74. The summed E-state index contributed by atoms with van der Waals surface area (Å²) >= 11 is 0. The third-order valence-electron chi connectivity index (χ3n) is 7.17. The van der Waals surface area contributed by atoms with Crippen LogP contribution in [-0.4, -0.2) is 59.5 Å². The molecule has 4 rings (SSSR count). The maximum absolute atomic E-state index is 12.6. The van der Waals surface area contributed by atoms with Gasteiger partial charge in [0.15, 0.2) is 0 Å². The van der Waals surface area contributed by atoms with Crippen molar-refractivity contribution in [3.63, 3.8) is 0 Å². The molecule has 2 fully saturated rings. The molecule has 180 valence electrons. The summed E-state index contributed by atoms with van der Waals surface area (Å²) in [4.78, 5) is 41.4. The van der Waals surface area contributed by atoms with Gasteiger partial charge in [-0.15, -0.1) is 0 Å². The number of carbonyl (C=O) groups excluding carboxylic acids is 2. The Kier molecular flexibility index (Phi) is 6.88. The minimum atomic E-state index is -1.11. The molecular weight excluding hydrogens is 432 g/mol. The van der Waals surface area contributed by atoms with Crippen molar-refractivity contribution in [2.45, 2.75) is 44.6 Å². The van der Waals surface area contributed by atoms with Crippen LogP contribution in [0.15, 0.2) is 42.5 Å². The van der Waals surface area contributed by atoms with Gasteiger partial charge in [-0.1, -0.05) is 24.1 Å². The maximum atomic E-state index is 12.6. The smallest absolute Gasteiger partial charge is 0.337 e. The number of amides is 2. The number of hydrogen-bond acceptors (Lipinski definition) is 5. The van der Waals surface area contributed by atoms with Crippen LogP contribution < -0.4 is 16.0 Å². The molecule has 8 heteroatoms. The first-order valence-electron chi connectivity index (χ1n) is 11.9. The molecule has 0 radical (unpaired) electrons. The van der Waals surface area contributed by atoms with Gasteiger partial charge in [0, 0.05) is 24.3 Å². The Labute approximate surface area is 199 Å². The normalized spacial score (nSPS) is 18.3. The molecule has 4 N–H and O–H groups in total. The SMILES string of the molecule is Cc1ccc(C(=O)Nc2ccc(N3CCC(C(N)=O)(N4CCCCC4)CC3)cc2C(=O)O)cc1. The lowest BCUT2D eigenvalue weighted by atomic mass is 9.83. The second-order valence-corrected chi connectivity index (χ2v) is 9.29. The third-order valence-corrected chi connectivity index (χ3v) is 7.17. The Morgan fingerprint density at radius 2 is 1.59 bits per heavy atom. The third kappa shape index (κ3) is 4.77. The quantitative estimate of drug-likeness (QED) is 0.604. The maximum Gasteiger partial charge on any atom is 0.337 e. The van der Waals surface area contributed by atoms with Gasteiger partial charge in [-0.05, 0) is 76.0 Å². The number of primary amides is 1. The van der Waals surface area contributed by atoms with Crippen LogP contribution >= 0.6 is 0 Å². The summed E-state index contributed by atoms with van der Waals surface area (Å²) < 4.78 is 0. The molecule has 8 nitrogen and oxygen atoms in total.